The highest BCUT2D eigenvalue weighted by Crippen LogP contribution is 2.06. The molecule has 2 nitrogen and oxygen atoms in total. The summed E-state index contributed by atoms with van der Waals surface area (Å²) in [6, 6.07) is 0.248. The van der Waals surface area contributed by atoms with Crippen LogP contribution in [0.1, 0.15) is 6.92 Å². The highest BCUT2D eigenvalue weighted by atomic mass is 14.9. The van der Waals surface area contributed by atoms with Crippen LogP contribution in [-0.4, -0.2) is 19.3 Å². The van der Waals surface area contributed by atoms with Crippen molar-refractivity contribution in [2.24, 2.45) is 4.99 Å². The third kappa shape index (κ3) is 1.47. The van der Waals surface area contributed by atoms with Crippen LogP contribution in [0.3, 0.4) is 0 Å². The zero-order valence-corrected chi connectivity index (χ0v) is 6.17. The zero-order chi connectivity index (χ0) is 7.40. The largest absolute Gasteiger partial charge is 0.387 e. The van der Waals surface area contributed by atoms with Gasteiger partial charge in [0.25, 0.3) is 0 Å². The summed E-state index contributed by atoms with van der Waals surface area (Å²) >= 11 is 0. The third-order valence-corrected chi connectivity index (χ3v) is 1.64. The molecule has 0 saturated heterocycles. The van der Waals surface area contributed by atoms with Crippen molar-refractivity contribution in [2.75, 3.05) is 6.54 Å². The molecule has 0 saturated carbocycles. The maximum Gasteiger partial charge on any atom is 0.0693 e. The fourth-order valence-corrected chi connectivity index (χ4v) is 0.880. The highest BCUT2D eigenvalue weighted by molar-refractivity contribution is 5.30. The second-order valence-corrected chi connectivity index (χ2v) is 2.34. The predicted octanol–water partition coefficient (Wildman–Crippen LogP) is 1.12. The van der Waals surface area contributed by atoms with Gasteiger partial charge in [-0.2, -0.15) is 0 Å². The number of allylic oxidation sites excluding steroid dienone is 2. The topological polar surface area (TPSA) is 24.4 Å². The number of rotatable bonds is 2. The lowest BCUT2D eigenvalue weighted by molar-refractivity contribution is 0.785. The van der Waals surface area contributed by atoms with Gasteiger partial charge in [-0.05, 0) is 31.5 Å². The Morgan fingerprint density at radius 1 is 1.80 bits per heavy atom. The molecular formula is C8H12N2. The van der Waals surface area contributed by atoms with E-state index in [-0.39, 0.29) is 6.04 Å². The molecule has 0 amide bonds. The van der Waals surface area contributed by atoms with Gasteiger partial charge in [-0.3, -0.25) is 4.99 Å². The van der Waals surface area contributed by atoms with Crippen molar-refractivity contribution in [3.05, 3.63) is 23.9 Å². The summed E-state index contributed by atoms with van der Waals surface area (Å²) in [6.45, 7) is 6.43. The number of nitrogens with one attached hydrogen (secondary N) is 1. The van der Waals surface area contributed by atoms with E-state index >= 15 is 0 Å². The number of hydrogen-bond acceptors (Lipinski definition) is 2. The molecule has 1 rings (SSSR count). The van der Waals surface area contributed by atoms with E-state index in [9.17, 15) is 0 Å². The van der Waals surface area contributed by atoms with Crippen LogP contribution >= 0.6 is 0 Å². The molecule has 0 radical (unpaired) electrons. The van der Waals surface area contributed by atoms with E-state index in [2.05, 4.69) is 23.1 Å². The van der Waals surface area contributed by atoms with Gasteiger partial charge in [0.15, 0.2) is 0 Å². The van der Waals surface area contributed by atoms with E-state index in [1.54, 1.807) is 0 Å². The quantitative estimate of drug-likeness (QED) is 0.565. The number of hydrogen-bond donors (Lipinski definition) is 1. The summed E-state index contributed by atoms with van der Waals surface area (Å²) in [5.41, 5.74) is 1.29. The molecule has 0 aromatic carbocycles. The molecule has 54 valence electrons. The van der Waals surface area contributed by atoms with Crippen molar-refractivity contribution in [3.8, 4) is 0 Å². The van der Waals surface area contributed by atoms with Gasteiger partial charge in [0.2, 0.25) is 0 Å². The van der Waals surface area contributed by atoms with E-state index in [0.29, 0.717) is 0 Å². The van der Waals surface area contributed by atoms with E-state index in [1.165, 1.54) is 5.57 Å². The van der Waals surface area contributed by atoms with Gasteiger partial charge in [0.1, 0.15) is 0 Å². The molecule has 0 aromatic rings. The Bertz CT molecular complexity index is 180. The minimum atomic E-state index is 0.248. The van der Waals surface area contributed by atoms with E-state index in [0.717, 1.165) is 6.54 Å². The van der Waals surface area contributed by atoms with Crippen molar-refractivity contribution in [1.82, 2.24) is 5.32 Å². The molecule has 1 aliphatic heterocycles. The first-order chi connectivity index (χ1) is 4.84. The monoisotopic (exact) mass is 136 g/mol. The van der Waals surface area contributed by atoms with Gasteiger partial charge in [0, 0.05) is 6.54 Å². The van der Waals surface area contributed by atoms with E-state index in [1.807, 2.05) is 19.2 Å². The van der Waals surface area contributed by atoms with Crippen LogP contribution < -0.4 is 5.32 Å². The van der Waals surface area contributed by atoms with Crippen LogP contribution in [-0.2, 0) is 0 Å². The molecule has 1 atom stereocenters. The van der Waals surface area contributed by atoms with Crippen LogP contribution in [0.15, 0.2) is 28.9 Å². The summed E-state index contributed by atoms with van der Waals surface area (Å²) in [7, 11) is 0. The average Bonchev–Trinajstić information content (AvgIpc) is 2.05. The molecule has 1 unspecified atom stereocenters. The Morgan fingerprint density at radius 2 is 2.60 bits per heavy atom. The smallest absolute Gasteiger partial charge is 0.0693 e. The van der Waals surface area contributed by atoms with Crippen molar-refractivity contribution in [3.63, 3.8) is 0 Å². The molecule has 1 aliphatic rings. The normalized spacial score (nSPS) is 19.1. The van der Waals surface area contributed by atoms with Gasteiger partial charge < -0.3 is 5.32 Å². The fourth-order valence-electron chi connectivity index (χ4n) is 0.880. The Kier molecular flexibility index (Phi) is 2.26. The lowest BCUT2D eigenvalue weighted by Gasteiger charge is -2.13. The van der Waals surface area contributed by atoms with Crippen LogP contribution in [0.25, 0.3) is 0 Å². The van der Waals surface area contributed by atoms with Crippen LogP contribution in [0.4, 0.5) is 0 Å². The van der Waals surface area contributed by atoms with Crippen molar-refractivity contribution in [2.45, 2.75) is 13.0 Å². The summed E-state index contributed by atoms with van der Waals surface area (Å²) in [4.78, 5) is 3.92. The number of aliphatic imine (C=N–C) groups is 1. The van der Waals surface area contributed by atoms with Gasteiger partial charge in [-0.15, -0.1) is 0 Å². The number of dihydropyridines is 1. The Labute approximate surface area is 61.4 Å². The van der Waals surface area contributed by atoms with Gasteiger partial charge >= 0.3 is 0 Å². The third-order valence-electron chi connectivity index (χ3n) is 1.64. The summed E-state index contributed by atoms with van der Waals surface area (Å²) in [5.74, 6) is 0. The van der Waals surface area contributed by atoms with Gasteiger partial charge in [0.05, 0.1) is 6.04 Å². The molecule has 0 aliphatic carbocycles. The highest BCUT2D eigenvalue weighted by Gasteiger charge is 2.04. The Morgan fingerprint density at radius 3 is 3.10 bits per heavy atom. The molecule has 0 aromatic heterocycles. The fraction of sp³-hybridized carbons (Fsp3) is 0.375. The average molecular weight is 136 g/mol. The lowest BCUT2D eigenvalue weighted by atomic mass is 10.1. The van der Waals surface area contributed by atoms with Crippen LogP contribution in [0.5, 0.6) is 0 Å². The van der Waals surface area contributed by atoms with Gasteiger partial charge in [-0.1, -0.05) is 6.08 Å². The van der Waals surface area contributed by atoms with E-state index < -0.39 is 0 Å². The lowest BCUT2D eigenvalue weighted by Crippen LogP contribution is -2.18. The van der Waals surface area contributed by atoms with Crippen molar-refractivity contribution in [1.29, 1.82) is 0 Å². The van der Waals surface area contributed by atoms with Crippen molar-refractivity contribution < 1.29 is 0 Å². The molecule has 0 spiro atoms. The molecule has 10 heavy (non-hydrogen) atoms. The molecule has 1 N–H and O–H groups in total. The molecule has 2 heteroatoms. The Hall–Kier alpha value is -1.05. The molecule has 0 fully saturated rings. The first kappa shape index (κ1) is 7.06. The molecule has 0 bridgehead atoms. The second kappa shape index (κ2) is 3.20. The SMILES string of the molecule is C=NC(C)C1=CC=CNC1. The molecule has 1 heterocycles. The predicted molar refractivity (Wildman–Crippen MR) is 44.2 cm³/mol. The maximum absolute atomic E-state index is 3.92. The summed E-state index contributed by atoms with van der Waals surface area (Å²) < 4.78 is 0. The maximum atomic E-state index is 3.92. The summed E-state index contributed by atoms with van der Waals surface area (Å²) in [6.07, 6.45) is 6.00. The summed E-state index contributed by atoms with van der Waals surface area (Å²) in [5, 5.41) is 3.11. The Balaban J connectivity index is 2.61. The number of nitrogens with zero attached hydrogens (tertiary/aromatic N) is 1. The minimum absolute atomic E-state index is 0.248. The second-order valence-electron chi connectivity index (χ2n) is 2.34. The van der Waals surface area contributed by atoms with Crippen LogP contribution in [0.2, 0.25) is 0 Å². The standard InChI is InChI=1S/C8H12N2/c1-7(9-2)8-4-3-5-10-6-8/h3-5,7,10H,2,6H2,1H3. The van der Waals surface area contributed by atoms with Crippen LogP contribution in [0, 0.1) is 0 Å². The molecular weight excluding hydrogens is 124 g/mol. The zero-order valence-electron chi connectivity index (χ0n) is 6.17. The first-order valence-corrected chi connectivity index (χ1v) is 3.39. The van der Waals surface area contributed by atoms with Gasteiger partial charge in [-0.25, -0.2) is 0 Å². The first-order valence-electron chi connectivity index (χ1n) is 3.39. The minimum Gasteiger partial charge on any atom is -0.387 e. The van der Waals surface area contributed by atoms with E-state index in [4.69, 9.17) is 0 Å². The van der Waals surface area contributed by atoms with Crippen molar-refractivity contribution >= 4 is 6.72 Å².